The molecule has 0 aliphatic carbocycles. The van der Waals surface area contributed by atoms with Gasteiger partial charge >= 0.3 is 0 Å². The van der Waals surface area contributed by atoms with Crippen molar-refractivity contribution in [2.75, 3.05) is 12.4 Å². The maximum Gasteiger partial charge on any atom is 0.280 e. The van der Waals surface area contributed by atoms with E-state index in [4.69, 9.17) is 13.6 Å². The van der Waals surface area contributed by atoms with Crippen LogP contribution in [0.2, 0.25) is 0 Å². The first kappa shape index (κ1) is 16.0. The smallest absolute Gasteiger partial charge is 0.280 e. The molecule has 0 unspecified atom stereocenters. The van der Waals surface area contributed by atoms with Crippen LogP contribution in [0, 0.1) is 0 Å². The molecule has 0 aliphatic rings. The number of hydrogen-bond acceptors (Lipinski definition) is 8. The number of nitrogens with zero attached hydrogens (tertiary/aromatic N) is 3. The zero-order valence-electron chi connectivity index (χ0n) is 13.5. The molecule has 4 rings (SSSR count). The maximum absolute atomic E-state index is 12.6. The van der Waals surface area contributed by atoms with Gasteiger partial charge in [-0.05, 0) is 24.3 Å². The number of nitrogens with one attached hydrogen (secondary N) is 1. The number of carbonyl (C=O) groups excluding carboxylic acids is 1. The second kappa shape index (κ2) is 6.81. The third-order valence-electron chi connectivity index (χ3n) is 3.49. The van der Waals surface area contributed by atoms with Crippen molar-refractivity contribution in [1.82, 2.24) is 15.2 Å². The van der Waals surface area contributed by atoms with Gasteiger partial charge in [0.1, 0.15) is 5.75 Å². The van der Waals surface area contributed by atoms with Crippen LogP contribution in [0.3, 0.4) is 0 Å². The van der Waals surface area contributed by atoms with Crippen LogP contribution in [0.5, 0.6) is 5.75 Å². The van der Waals surface area contributed by atoms with Crippen LogP contribution >= 0.6 is 11.3 Å². The zero-order valence-corrected chi connectivity index (χ0v) is 14.3. The van der Waals surface area contributed by atoms with E-state index < -0.39 is 5.91 Å². The average Bonchev–Trinajstić information content (AvgIpc) is 3.41. The first-order valence-electron chi connectivity index (χ1n) is 7.51. The summed E-state index contributed by atoms with van der Waals surface area (Å²) >= 11 is 1.20. The summed E-state index contributed by atoms with van der Waals surface area (Å²) in [5.74, 6) is 1.13. The van der Waals surface area contributed by atoms with Gasteiger partial charge in [-0.3, -0.25) is 10.1 Å². The summed E-state index contributed by atoms with van der Waals surface area (Å²) in [6.07, 6.45) is 2.77. The number of oxazole rings is 1. The quantitative estimate of drug-likeness (QED) is 0.572. The molecular weight excluding hydrogens is 356 g/mol. The van der Waals surface area contributed by atoms with Gasteiger partial charge in [0, 0.05) is 5.56 Å². The second-order valence-electron chi connectivity index (χ2n) is 5.11. The van der Waals surface area contributed by atoms with Crippen LogP contribution in [0.1, 0.15) is 10.5 Å². The summed E-state index contributed by atoms with van der Waals surface area (Å²) in [4.78, 5) is 16.6. The van der Waals surface area contributed by atoms with Gasteiger partial charge in [-0.15, -0.1) is 10.2 Å². The summed E-state index contributed by atoms with van der Waals surface area (Å²) in [5.41, 5.74) is 0.827. The van der Waals surface area contributed by atoms with Gasteiger partial charge in [0.2, 0.25) is 5.13 Å². The molecule has 0 spiro atoms. The fraction of sp³-hybridized carbons (Fsp3) is 0.0588. The van der Waals surface area contributed by atoms with Crippen molar-refractivity contribution >= 4 is 22.4 Å². The van der Waals surface area contributed by atoms with Crippen LogP contribution in [-0.2, 0) is 0 Å². The molecule has 1 N–H and O–H groups in total. The Morgan fingerprint density at radius 2 is 2.12 bits per heavy atom. The highest BCUT2D eigenvalue weighted by Crippen LogP contribution is 2.29. The summed E-state index contributed by atoms with van der Waals surface area (Å²) in [6.45, 7) is 0. The summed E-state index contributed by atoms with van der Waals surface area (Å²) < 4.78 is 15.9. The van der Waals surface area contributed by atoms with Crippen molar-refractivity contribution in [2.45, 2.75) is 0 Å². The molecule has 0 bridgehead atoms. The molecule has 0 saturated carbocycles. The predicted molar refractivity (Wildman–Crippen MR) is 94.1 cm³/mol. The third kappa shape index (κ3) is 3.07. The summed E-state index contributed by atoms with van der Waals surface area (Å²) in [7, 11) is 1.57. The minimum atomic E-state index is -0.446. The first-order valence-corrected chi connectivity index (χ1v) is 8.33. The molecule has 1 aromatic carbocycles. The van der Waals surface area contributed by atoms with Crippen molar-refractivity contribution in [2.24, 2.45) is 0 Å². The van der Waals surface area contributed by atoms with Crippen molar-refractivity contribution in [1.29, 1.82) is 0 Å². The fourth-order valence-electron chi connectivity index (χ4n) is 2.31. The van der Waals surface area contributed by atoms with E-state index in [0.29, 0.717) is 33.0 Å². The second-order valence-corrected chi connectivity index (χ2v) is 6.08. The number of methoxy groups -OCH3 is 1. The molecule has 0 radical (unpaired) electrons. The number of rotatable bonds is 5. The maximum atomic E-state index is 12.6. The van der Waals surface area contributed by atoms with E-state index in [1.807, 2.05) is 0 Å². The van der Waals surface area contributed by atoms with Crippen molar-refractivity contribution in [3.63, 3.8) is 0 Å². The highest BCUT2D eigenvalue weighted by atomic mass is 32.1. The largest absolute Gasteiger partial charge is 0.497 e. The SMILES string of the molecule is COc1cccc(-c2ocnc2C(=O)Nc2nnc(-c3ccco3)s2)c1. The molecule has 3 aromatic heterocycles. The van der Waals surface area contributed by atoms with Crippen LogP contribution in [0.4, 0.5) is 5.13 Å². The highest BCUT2D eigenvalue weighted by molar-refractivity contribution is 7.18. The number of hydrogen-bond donors (Lipinski definition) is 1. The summed E-state index contributed by atoms with van der Waals surface area (Å²) in [5, 5.41) is 11.5. The number of amides is 1. The normalized spacial score (nSPS) is 10.7. The number of anilines is 1. The Balaban J connectivity index is 1.57. The standard InChI is InChI=1S/C17H12N4O4S/c1-23-11-5-2-4-10(8-11)14-13(18-9-25-14)15(22)19-17-21-20-16(26-17)12-6-3-7-24-12/h2-9H,1H3,(H,19,21,22). The predicted octanol–water partition coefficient (Wildman–Crippen LogP) is 3.71. The molecule has 8 nitrogen and oxygen atoms in total. The minimum Gasteiger partial charge on any atom is -0.497 e. The van der Waals surface area contributed by atoms with E-state index in [9.17, 15) is 4.79 Å². The monoisotopic (exact) mass is 368 g/mol. The van der Waals surface area contributed by atoms with E-state index in [1.54, 1.807) is 49.8 Å². The third-order valence-corrected chi connectivity index (χ3v) is 4.35. The van der Waals surface area contributed by atoms with E-state index in [2.05, 4.69) is 20.5 Å². The van der Waals surface area contributed by atoms with E-state index >= 15 is 0 Å². The molecule has 26 heavy (non-hydrogen) atoms. The lowest BCUT2D eigenvalue weighted by molar-refractivity contribution is 0.102. The Labute approximate surface area is 151 Å². The van der Waals surface area contributed by atoms with Gasteiger partial charge in [-0.25, -0.2) is 4.98 Å². The first-order chi connectivity index (χ1) is 12.7. The van der Waals surface area contributed by atoms with Crippen LogP contribution < -0.4 is 10.1 Å². The molecule has 1 amide bonds. The van der Waals surface area contributed by atoms with E-state index in [0.717, 1.165) is 0 Å². The Bertz CT molecular complexity index is 1040. The topological polar surface area (TPSA) is 103 Å². The van der Waals surface area contributed by atoms with Crippen molar-refractivity contribution < 1.29 is 18.4 Å². The van der Waals surface area contributed by atoms with Gasteiger partial charge in [-0.1, -0.05) is 23.5 Å². The molecule has 4 aromatic rings. The number of benzene rings is 1. The molecule has 130 valence electrons. The van der Waals surface area contributed by atoms with E-state index in [-0.39, 0.29) is 5.69 Å². The van der Waals surface area contributed by atoms with Gasteiger partial charge in [0.05, 0.1) is 13.4 Å². The lowest BCUT2D eigenvalue weighted by Crippen LogP contribution is -2.13. The summed E-state index contributed by atoms with van der Waals surface area (Å²) in [6, 6.07) is 10.7. The lowest BCUT2D eigenvalue weighted by Gasteiger charge is -2.03. The molecule has 0 aliphatic heterocycles. The zero-order chi connectivity index (χ0) is 17.9. The molecular formula is C17H12N4O4S. The Morgan fingerprint density at radius 3 is 2.92 bits per heavy atom. The van der Waals surface area contributed by atoms with Gasteiger partial charge < -0.3 is 13.6 Å². The van der Waals surface area contributed by atoms with Crippen molar-refractivity contribution in [3.8, 4) is 27.8 Å². The molecule has 0 atom stereocenters. The Hall–Kier alpha value is -3.46. The molecule has 9 heteroatoms. The Kier molecular flexibility index (Phi) is 4.20. The molecule has 3 heterocycles. The van der Waals surface area contributed by atoms with Gasteiger partial charge in [0.25, 0.3) is 5.91 Å². The number of aromatic nitrogens is 3. The molecule has 0 fully saturated rings. The minimum absolute atomic E-state index is 0.146. The van der Waals surface area contributed by atoms with Crippen LogP contribution in [-0.4, -0.2) is 28.2 Å². The van der Waals surface area contributed by atoms with Crippen LogP contribution in [0.25, 0.3) is 22.1 Å². The van der Waals surface area contributed by atoms with Gasteiger partial charge in [-0.2, -0.15) is 0 Å². The van der Waals surface area contributed by atoms with Crippen molar-refractivity contribution in [3.05, 3.63) is 54.7 Å². The average molecular weight is 368 g/mol. The van der Waals surface area contributed by atoms with Gasteiger partial charge in [0.15, 0.2) is 28.6 Å². The van der Waals surface area contributed by atoms with E-state index in [1.165, 1.54) is 17.7 Å². The molecule has 0 saturated heterocycles. The van der Waals surface area contributed by atoms with Crippen LogP contribution in [0.15, 0.2) is 57.9 Å². The number of ether oxygens (including phenoxy) is 1. The number of carbonyl (C=O) groups is 1. The number of furan rings is 1. The lowest BCUT2D eigenvalue weighted by atomic mass is 10.1. The fourth-order valence-corrected chi connectivity index (χ4v) is 3.01. The highest BCUT2D eigenvalue weighted by Gasteiger charge is 2.20. The Morgan fingerprint density at radius 1 is 1.19 bits per heavy atom.